The fourth-order valence-electron chi connectivity index (χ4n) is 2.67. The number of thioether (sulfide) groups is 1. The number of halogens is 3. The molecule has 29 heavy (non-hydrogen) atoms. The van der Waals surface area contributed by atoms with Gasteiger partial charge in [-0.1, -0.05) is 30.0 Å². The van der Waals surface area contributed by atoms with Gasteiger partial charge in [0.1, 0.15) is 17.0 Å². The van der Waals surface area contributed by atoms with E-state index in [-0.39, 0.29) is 10.5 Å². The first kappa shape index (κ1) is 19.3. The summed E-state index contributed by atoms with van der Waals surface area (Å²) in [5.74, 6) is 0.287. The second-order valence-corrected chi connectivity index (χ2v) is 6.99. The first-order chi connectivity index (χ1) is 13.9. The Balaban J connectivity index is 1.57. The molecule has 9 heteroatoms. The fraction of sp³-hybridized carbons (Fsp3) is 0.150. The summed E-state index contributed by atoms with van der Waals surface area (Å²) >= 11 is 1.15. The minimum Gasteiger partial charge on any atom is -0.497 e. The van der Waals surface area contributed by atoms with E-state index in [1.165, 1.54) is 12.3 Å². The molecule has 0 saturated heterocycles. The molecule has 0 aliphatic heterocycles. The second kappa shape index (κ2) is 7.75. The van der Waals surface area contributed by atoms with Crippen LogP contribution in [0.1, 0.15) is 11.5 Å². The number of fused-ring (bicyclic) bond motifs is 1. The molecule has 0 aliphatic carbocycles. The van der Waals surface area contributed by atoms with Crippen LogP contribution < -0.4 is 4.74 Å². The molecule has 4 rings (SSSR count). The van der Waals surface area contributed by atoms with E-state index in [2.05, 4.69) is 15.0 Å². The molecule has 0 radical (unpaired) electrons. The number of hydrogen-bond acceptors (Lipinski definition) is 6. The van der Waals surface area contributed by atoms with E-state index in [0.717, 1.165) is 17.3 Å². The fourth-order valence-corrected chi connectivity index (χ4v) is 3.56. The molecule has 148 valence electrons. The smallest absolute Gasteiger partial charge is 0.451 e. The van der Waals surface area contributed by atoms with E-state index in [0.29, 0.717) is 28.5 Å². The monoisotopic (exact) mass is 417 g/mol. The third-order valence-corrected chi connectivity index (χ3v) is 5.09. The zero-order chi connectivity index (χ0) is 20.4. The van der Waals surface area contributed by atoms with E-state index in [4.69, 9.17) is 9.15 Å². The molecule has 5 nitrogen and oxygen atoms in total. The van der Waals surface area contributed by atoms with E-state index in [1.54, 1.807) is 37.4 Å². The van der Waals surface area contributed by atoms with Gasteiger partial charge in [-0.05, 0) is 30.3 Å². The number of nitrogens with zero attached hydrogens (tertiary/aromatic N) is 3. The molecule has 0 amide bonds. The van der Waals surface area contributed by atoms with Crippen molar-refractivity contribution in [3.8, 4) is 17.2 Å². The van der Waals surface area contributed by atoms with Crippen LogP contribution in [0.25, 0.3) is 22.4 Å². The lowest BCUT2D eigenvalue weighted by Gasteiger charge is -2.09. The molecule has 0 saturated carbocycles. The van der Waals surface area contributed by atoms with Crippen molar-refractivity contribution in [1.82, 2.24) is 15.0 Å². The lowest BCUT2D eigenvalue weighted by molar-refractivity contribution is -0.145. The summed E-state index contributed by atoms with van der Waals surface area (Å²) < 4.78 is 50.0. The maximum atomic E-state index is 13.1. The highest BCUT2D eigenvalue weighted by Gasteiger charge is 2.35. The molecule has 0 unspecified atom stereocenters. The van der Waals surface area contributed by atoms with Gasteiger partial charge in [-0.15, -0.1) is 0 Å². The van der Waals surface area contributed by atoms with Crippen LogP contribution in [-0.2, 0) is 11.9 Å². The summed E-state index contributed by atoms with van der Waals surface area (Å²) in [7, 11) is 1.58. The Hall–Kier alpha value is -3.07. The van der Waals surface area contributed by atoms with Crippen LogP contribution in [0.3, 0.4) is 0 Å². The largest absolute Gasteiger partial charge is 0.497 e. The standard InChI is InChI=1S/C20H14F3N3O2S/c1-27-14-8-6-12(7-9-14)17-24-13(10-28-17)11-29-18-15-4-2-3-5-16(15)25-19(26-18)20(21,22)23/h2-10H,11H2,1H3. The predicted octanol–water partition coefficient (Wildman–Crippen LogP) is 5.60. The molecule has 0 aliphatic rings. The van der Waals surface area contributed by atoms with Crippen molar-refractivity contribution in [3.63, 3.8) is 0 Å². The number of ether oxygens (including phenoxy) is 1. The molecule has 2 heterocycles. The van der Waals surface area contributed by atoms with Gasteiger partial charge < -0.3 is 9.15 Å². The molecule has 0 bridgehead atoms. The molecular weight excluding hydrogens is 403 g/mol. The normalized spacial score (nSPS) is 11.7. The van der Waals surface area contributed by atoms with E-state index >= 15 is 0 Å². The van der Waals surface area contributed by atoms with Gasteiger partial charge in [-0.3, -0.25) is 0 Å². The average Bonchev–Trinajstić information content (AvgIpc) is 3.20. The zero-order valence-corrected chi connectivity index (χ0v) is 15.9. The van der Waals surface area contributed by atoms with Gasteiger partial charge in [0.05, 0.1) is 18.3 Å². The second-order valence-electron chi connectivity index (χ2n) is 6.03. The van der Waals surface area contributed by atoms with Gasteiger partial charge in [-0.25, -0.2) is 15.0 Å². The molecule has 0 N–H and O–H groups in total. The summed E-state index contributed by atoms with van der Waals surface area (Å²) in [6, 6.07) is 13.8. The summed E-state index contributed by atoms with van der Waals surface area (Å²) in [5, 5.41) is 0.807. The first-order valence-corrected chi connectivity index (χ1v) is 9.48. The highest BCUT2D eigenvalue weighted by atomic mass is 32.2. The van der Waals surface area contributed by atoms with Crippen molar-refractivity contribution in [2.45, 2.75) is 17.0 Å². The third-order valence-electron chi connectivity index (χ3n) is 4.07. The maximum Gasteiger partial charge on any atom is 0.451 e. The average molecular weight is 417 g/mol. The molecule has 2 aromatic heterocycles. The van der Waals surface area contributed by atoms with Gasteiger partial charge in [0.2, 0.25) is 11.7 Å². The summed E-state index contributed by atoms with van der Waals surface area (Å²) in [5.41, 5.74) is 1.61. The summed E-state index contributed by atoms with van der Waals surface area (Å²) in [6.45, 7) is 0. The van der Waals surface area contributed by atoms with Crippen LogP contribution >= 0.6 is 11.8 Å². The van der Waals surface area contributed by atoms with Crippen LogP contribution in [-0.4, -0.2) is 22.1 Å². The van der Waals surface area contributed by atoms with Crippen molar-refractivity contribution in [2.24, 2.45) is 0 Å². The lowest BCUT2D eigenvalue weighted by Crippen LogP contribution is -2.11. The number of aromatic nitrogens is 3. The topological polar surface area (TPSA) is 61.0 Å². The predicted molar refractivity (Wildman–Crippen MR) is 103 cm³/mol. The van der Waals surface area contributed by atoms with Gasteiger partial charge in [-0.2, -0.15) is 13.2 Å². The minimum atomic E-state index is -4.62. The Morgan fingerprint density at radius 3 is 2.48 bits per heavy atom. The lowest BCUT2D eigenvalue weighted by atomic mass is 10.2. The third kappa shape index (κ3) is 4.19. The number of alkyl halides is 3. The quantitative estimate of drug-likeness (QED) is 0.311. The van der Waals surface area contributed by atoms with Crippen molar-refractivity contribution in [1.29, 1.82) is 0 Å². The van der Waals surface area contributed by atoms with Gasteiger partial charge >= 0.3 is 6.18 Å². The van der Waals surface area contributed by atoms with Crippen molar-refractivity contribution in [2.75, 3.05) is 7.11 Å². The highest BCUT2D eigenvalue weighted by Crippen LogP contribution is 2.33. The minimum absolute atomic E-state index is 0.247. The van der Waals surface area contributed by atoms with Gasteiger partial charge in [0.15, 0.2) is 0 Å². The number of hydrogen-bond donors (Lipinski definition) is 0. The Morgan fingerprint density at radius 2 is 1.76 bits per heavy atom. The SMILES string of the molecule is COc1ccc(-c2nc(CSc3nc(C(F)(F)F)nc4ccccc34)co2)cc1. The Labute approximate surface area is 168 Å². The Morgan fingerprint density at radius 1 is 1.00 bits per heavy atom. The number of methoxy groups -OCH3 is 1. The molecule has 0 spiro atoms. The number of rotatable bonds is 5. The number of benzene rings is 2. The highest BCUT2D eigenvalue weighted by molar-refractivity contribution is 7.98. The summed E-state index contributed by atoms with van der Waals surface area (Å²) in [6.07, 6.45) is -3.13. The van der Waals surface area contributed by atoms with Gasteiger partial charge in [0, 0.05) is 16.7 Å². The number of oxazole rings is 1. The van der Waals surface area contributed by atoms with Crippen molar-refractivity contribution < 1.29 is 22.3 Å². The van der Waals surface area contributed by atoms with Crippen molar-refractivity contribution in [3.05, 3.63) is 66.3 Å². The van der Waals surface area contributed by atoms with Crippen LogP contribution in [0.2, 0.25) is 0 Å². The molecule has 4 aromatic rings. The van der Waals surface area contributed by atoms with Crippen LogP contribution in [0, 0.1) is 0 Å². The molecule has 0 fully saturated rings. The molecule has 2 aromatic carbocycles. The number of para-hydroxylation sites is 1. The molecular formula is C20H14F3N3O2S. The first-order valence-electron chi connectivity index (χ1n) is 8.49. The van der Waals surface area contributed by atoms with Crippen LogP contribution in [0.4, 0.5) is 13.2 Å². The van der Waals surface area contributed by atoms with Crippen LogP contribution in [0.5, 0.6) is 5.75 Å². The van der Waals surface area contributed by atoms with Crippen molar-refractivity contribution >= 4 is 22.7 Å². The maximum absolute atomic E-state index is 13.1. The molecule has 0 atom stereocenters. The van der Waals surface area contributed by atoms with Gasteiger partial charge in [0.25, 0.3) is 0 Å². The zero-order valence-electron chi connectivity index (χ0n) is 15.1. The summed E-state index contributed by atoms with van der Waals surface area (Å²) in [4.78, 5) is 11.8. The Kier molecular flexibility index (Phi) is 5.14. The Bertz CT molecular complexity index is 1140. The van der Waals surface area contributed by atoms with E-state index < -0.39 is 12.0 Å². The van der Waals surface area contributed by atoms with E-state index in [9.17, 15) is 13.2 Å². The van der Waals surface area contributed by atoms with E-state index in [1.807, 2.05) is 12.1 Å². The van der Waals surface area contributed by atoms with Crippen LogP contribution in [0.15, 0.2) is 64.2 Å².